The second-order valence-electron chi connectivity index (χ2n) is 6.75. The molecule has 3 heteroatoms. The van der Waals surface area contributed by atoms with E-state index in [1.807, 2.05) is 55.6 Å². The van der Waals surface area contributed by atoms with Crippen LogP contribution in [-0.2, 0) is 0 Å². The predicted molar refractivity (Wildman–Crippen MR) is 113 cm³/mol. The summed E-state index contributed by atoms with van der Waals surface area (Å²) < 4.78 is 0. The predicted octanol–water partition coefficient (Wildman–Crippen LogP) is 5.28. The highest BCUT2D eigenvalue weighted by Crippen LogP contribution is 2.26. The maximum atomic E-state index is 6.42. The van der Waals surface area contributed by atoms with Gasteiger partial charge in [-0.15, -0.1) is 0 Å². The molecular weight excluding hydrogens is 330 g/mol. The quantitative estimate of drug-likeness (QED) is 0.634. The summed E-state index contributed by atoms with van der Waals surface area (Å²) in [6.07, 6.45) is 7.85. The molecule has 3 aromatic rings. The van der Waals surface area contributed by atoms with Crippen molar-refractivity contribution in [3.8, 4) is 0 Å². The van der Waals surface area contributed by atoms with Crippen molar-refractivity contribution >= 4 is 11.3 Å². The van der Waals surface area contributed by atoms with Crippen LogP contribution in [0.3, 0.4) is 0 Å². The van der Waals surface area contributed by atoms with Gasteiger partial charge in [-0.05, 0) is 54.3 Å². The molecule has 2 aromatic heterocycles. The van der Waals surface area contributed by atoms with Crippen molar-refractivity contribution < 1.29 is 0 Å². The monoisotopic (exact) mass is 355 g/mol. The van der Waals surface area contributed by atoms with Crippen molar-refractivity contribution in [1.82, 2.24) is 9.97 Å². The van der Waals surface area contributed by atoms with Crippen molar-refractivity contribution in [3.05, 3.63) is 107 Å². The van der Waals surface area contributed by atoms with E-state index in [0.29, 0.717) is 5.70 Å². The van der Waals surface area contributed by atoms with Crippen LogP contribution in [0.1, 0.15) is 40.9 Å². The van der Waals surface area contributed by atoms with Gasteiger partial charge in [-0.25, -0.2) is 0 Å². The molecule has 0 saturated heterocycles. The molecule has 0 amide bonds. The second-order valence-corrected chi connectivity index (χ2v) is 6.75. The molecule has 3 nitrogen and oxygen atoms in total. The lowest BCUT2D eigenvalue weighted by atomic mass is 9.95. The summed E-state index contributed by atoms with van der Waals surface area (Å²) in [6, 6.07) is 18.3. The van der Waals surface area contributed by atoms with Crippen LogP contribution in [0.2, 0.25) is 0 Å². The third-order valence-corrected chi connectivity index (χ3v) is 4.61. The highest BCUT2D eigenvalue weighted by atomic mass is 14.7. The number of aromatic nitrogens is 2. The number of aryl methyl sites for hydroxylation is 2. The minimum atomic E-state index is 0.162. The highest BCUT2D eigenvalue weighted by Gasteiger charge is 2.10. The molecular formula is C24H25N3. The Morgan fingerprint density at radius 2 is 1.56 bits per heavy atom. The van der Waals surface area contributed by atoms with Gasteiger partial charge < -0.3 is 5.73 Å². The van der Waals surface area contributed by atoms with Crippen LogP contribution in [0.15, 0.2) is 79.1 Å². The third-order valence-electron chi connectivity index (χ3n) is 4.61. The van der Waals surface area contributed by atoms with Gasteiger partial charge >= 0.3 is 0 Å². The van der Waals surface area contributed by atoms with Gasteiger partial charge in [0.05, 0.1) is 11.4 Å². The molecule has 0 aliphatic carbocycles. The number of allylic oxidation sites excluding steroid dienone is 3. The Morgan fingerprint density at radius 3 is 2.22 bits per heavy atom. The SMILES string of the molecule is Cc1cccnc1/C(N)=C/C(=C\C(C)c1ncccc1C)c1ccccc1. The lowest BCUT2D eigenvalue weighted by molar-refractivity contribution is 0.892. The van der Waals surface area contributed by atoms with E-state index in [9.17, 15) is 0 Å². The van der Waals surface area contributed by atoms with E-state index in [2.05, 4.69) is 48.1 Å². The second kappa shape index (κ2) is 8.45. The number of hydrogen-bond donors (Lipinski definition) is 1. The zero-order valence-electron chi connectivity index (χ0n) is 16.1. The minimum Gasteiger partial charge on any atom is -0.397 e. The number of pyridine rings is 2. The summed E-state index contributed by atoms with van der Waals surface area (Å²) in [5.74, 6) is 0.162. The molecule has 2 heterocycles. The number of benzene rings is 1. The molecule has 0 aliphatic rings. The van der Waals surface area contributed by atoms with E-state index >= 15 is 0 Å². The fraction of sp³-hybridized carbons (Fsp3) is 0.167. The van der Waals surface area contributed by atoms with Crippen molar-refractivity contribution in [2.45, 2.75) is 26.7 Å². The maximum absolute atomic E-state index is 6.42. The first-order valence-electron chi connectivity index (χ1n) is 9.14. The maximum Gasteiger partial charge on any atom is 0.0888 e. The molecule has 3 rings (SSSR count). The van der Waals surface area contributed by atoms with Gasteiger partial charge in [0, 0.05) is 24.0 Å². The molecule has 1 unspecified atom stereocenters. The molecule has 136 valence electrons. The molecule has 1 aromatic carbocycles. The Kier molecular flexibility index (Phi) is 5.82. The first-order chi connectivity index (χ1) is 13.1. The summed E-state index contributed by atoms with van der Waals surface area (Å²) in [5.41, 5.74) is 13.4. The van der Waals surface area contributed by atoms with Crippen molar-refractivity contribution in [2.24, 2.45) is 5.73 Å². The van der Waals surface area contributed by atoms with Gasteiger partial charge in [0.2, 0.25) is 0 Å². The fourth-order valence-electron chi connectivity index (χ4n) is 3.20. The first-order valence-corrected chi connectivity index (χ1v) is 9.14. The van der Waals surface area contributed by atoms with Gasteiger partial charge in [0.1, 0.15) is 0 Å². The van der Waals surface area contributed by atoms with Gasteiger partial charge in [0.25, 0.3) is 0 Å². The topological polar surface area (TPSA) is 51.8 Å². The van der Waals surface area contributed by atoms with Crippen LogP contribution >= 0.6 is 0 Å². The van der Waals surface area contributed by atoms with Gasteiger partial charge in [0.15, 0.2) is 0 Å². The van der Waals surface area contributed by atoms with Gasteiger partial charge in [-0.2, -0.15) is 0 Å². The molecule has 0 spiro atoms. The first kappa shape index (κ1) is 18.6. The van der Waals surface area contributed by atoms with E-state index < -0.39 is 0 Å². The smallest absolute Gasteiger partial charge is 0.0888 e. The summed E-state index contributed by atoms with van der Waals surface area (Å²) in [6.45, 7) is 6.28. The highest BCUT2D eigenvalue weighted by molar-refractivity contribution is 5.83. The van der Waals surface area contributed by atoms with Crippen molar-refractivity contribution in [1.29, 1.82) is 0 Å². The van der Waals surface area contributed by atoms with E-state index in [-0.39, 0.29) is 5.92 Å². The molecule has 0 fully saturated rings. The van der Waals surface area contributed by atoms with E-state index in [4.69, 9.17) is 5.73 Å². The van der Waals surface area contributed by atoms with Crippen LogP contribution in [0.4, 0.5) is 0 Å². The van der Waals surface area contributed by atoms with Crippen LogP contribution in [-0.4, -0.2) is 9.97 Å². The minimum absolute atomic E-state index is 0.162. The van der Waals surface area contributed by atoms with E-state index in [1.54, 1.807) is 6.20 Å². The Bertz CT molecular complexity index is 972. The summed E-state index contributed by atoms with van der Waals surface area (Å²) in [7, 11) is 0. The van der Waals surface area contributed by atoms with Crippen LogP contribution in [0, 0.1) is 13.8 Å². The van der Waals surface area contributed by atoms with E-state index in [0.717, 1.165) is 28.1 Å². The Morgan fingerprint density at radius 1 is 0.889 bits per heavy atom. The Balaban J connectivity index is 2.06. The largest absolute Gasteiger partial charge is 0.397 e. The Labute approximate surface area is 161 Å². The average molecular weight is 355 g/mol. The molecule has 1 atom stereocenters. The zero-order valence-corrected chi connectivity index (χ0v) is 16.1. The van der Waals surface area contributed by atoms with Crippen LogP contribution in [0.25, 0.3) is 11.3 Å². The van der Waals surface area contributed by atoms with Crippen LogP contribution in [0.5, 0.6) is 0 Å². The average Bonchev–Trinajstić information content (AvgIpc) is 2.68. The van der Waals surface area contributed by atoms with E-state index in [1.165, 1.54) is 5.56 Å². The Hall–Kier alpha value is -3.20. The lowest BCUT2D eigenvalue weighted by Crippen LogP contribution is -2.03. The van der Waals surface area contributed by atoms with Crippen LogP contribution < -0.4 is 5.73 Å². The molecule has 0 aliphatic heterocycles. The molecule has 2 N–H and O–H groups in total. The van der Waals surface area contributed by atoms with Gasteiger partial charge in [-0.3, -0.25) is 9.97 Å². The zero-order chi connectivity index (χ0) is 19.2. The normalized spacial score (nSPS) is 13.4. The number of rotatable bonds is 5. The standard InChI is InChI=1S/C24H25N3/c1-17-9-7-13-26-23(17)19(3)15-21(20-11-5-4-6-12-20)16-22(25)24-18(2)10-8-14-27-24/h4-16,19H,25H2,1-3H3/b21-15+,22-16-. The molecule has 0 radical (unpaired) electrons. The molecule has 27 heavy (non-hydrogen) atoms. The van der Waals surface area contributed by atoms with Crippen molar-refractivity contribution in [3.63, 3.8) is 0 Å². The third kappa shape index (κ3) is 4.50. The summed E-state index contributed by atoms with van der Waals surface area (Å²) in [4.78, 5) is 9.01. The molecule has 0 bridgehead atoms. The summed E-state index contributed by atoms with van der Waals surface area (Å²) in [5, 5.41) is 0. The number of nitrogens with two attached hydrogens (primary N) is 1. The number of hydrogen-bond acceptors (Lipinski definition) is 3. The lowest BCUT2D eigenvalue weighted by Gasteiger charge is -2.13. The van der Waals surface area contributed by atoms with Gasteiger partial charge in [-0.1, -0.05) is 55.5 Å². The summed E-state index contributed by atoms with van der Waals surface area (Å²) >= 11 is 0. The fourth-order valence-corrected chi connectivity index (χ4v) is 3.20. The van der Waals surface area contributed by atoms with Crippen molar-refractivity contribution in [2.75, 3.05) is 0 Å². The number of nitrogens with zero attached hydrogens (tertiary/aromatic N) is 2. The molecule has 0 saturated carbocycles.